The number of benzene rings is 1. The Morgan fingerprint density at radius 2 is 2.12 bits per heavy atom. The molecule has 8 heteroatoms. The molecule has 0 spiro atoms. The molecular formula is C16H17BrN2O4S. The Hall–Kier alpha value is -1.77. The van der Waals surface area contributed by atoms with Crippen molar-refractivity contribution in [2.75, 3.05) is 13.2 Å². The summed E-state index contributed by atoms with van der Waals surface area (Å²) in [6, 6.07) is 7.93. The summed E-state index contributed by atoms with van der Waals surface area (Å²) in [5.41, 5.74) is 1.23. The van der Waals surface area contributed by atoms with Crippen LogP contribution in [0, 0.1) is 0 Å². The van der Waals surface area contributed by atoms with Crippen LogP contribution in [0.4, 0.5) is 0 Å². The maximum Gasteiger partial charge on any atom is 0.338 e. The number of esters is 1. The zero-order chi connectivity index (χ0) is 17.6. The van der Waals surface area contributed by atoms with Crippen LogP contribution in [-0.2, 0) is 21.2 Å². The van der Waals surface area contributed by atoms with Gasteiger partial charge in [0.25, 0.3) is 0 Å². The summed E-state index contributed by atoms with van der Waals surface area (Å²) in [6.07, 6.45) is 3.89. The molecule has 0 aliphatic heterocycles. The molecule has 0 bridgehead atoms. The van der Waals surface area contributed by atoms with Crippen molar-refractivity contribution in [3.63, 3.8) is 0 Å². The zero-order valence-corrected chi connectivity index (χ0v) is 15.4. The summed E-state index contributed by atoms with van der Waals surface area (Å²) in [7, 11) is -3.69. The number of hydrogen-bond donors (Lipinski definition) is 1. The SMILES string of the molecule is CCOC(=O)c1ccc(S(=O)(=O)NCCc2cccnc2)c(Br)c1. The number of halogens is 1. The topological polar surface area (TPSA) is 85.4 Å². The minimum absolute atomic E-state index is 0.0711. The fourth-order valence-electron chi connectivity index (χ4n) is 2.01. The van der Waals surface area contributed by atoms with Gasteiger partial charge in [-0.1, -0.05) is 6.07 Å². The summed E-state index contributed by atoms with van der Waals surface area (Å²) in [6.45, 7) is 2.21. The van der Waals surface area contributed by atoms with Gasteiger partial charge >= 0.3 is 5.97 Å². The molecule has 0 atom stereocenters. The van der Waals surface area contributed by atoms with Gasteiger partial charge in [0.05, 0.1) is 17.1 Å². The molecule has 24 heavy (non-hydrogen) atoms. The van der Waals surface area contributed by atoms with Gasteiger partial charge in [-0.15, -0.1) is 0 Å². The molecule has 0 fully saturated rings. The number of pyridine rings is 1. The lowest BCUT2D eigenvalue weighted by molar-refractivity contribution is 0.0526. The summed E-state index contributed by atoms with van der Waals surface area (Å²) in [5.74, 6) is -0.494. The highest BCUT2D eigenvalue weighted by Gasteiger charge is 2.19. The molecule has 1 heterocycles. The van der Waals surface area contributed by atoms with Crippen LogP contribution in [0.1, 0.15) is 22.8 Å². The number of aromatic nitrogens is 1. The average Bonchev–Trinajstić information content (AvgIpc) is 2.55. The Morgan fingerprint density at radius 3 is 2.75 bits per heavy atom. The first-order valence-electron chi connectivity index (χ1n) is 7.29. The lowest BCUT2D eigenvalue weighted by Crippen LogP contribution is -2.26. The largest absolute Gasteiger partial charge is 0.462 e. The molecule has 1 N–H and O–H groups in total. The summed E-state index contributed by atoms with van der Waals surface area (Å²) >= 11 is 3.20. The first kappa shape index (κ1) is 18.6. The number of carbonyl (C=O) groups is 1. The third-order valence-electron chi connectivity index (χ3n) is 3.16. The van der Waals surface area contributed by atoms with Gasteiger partial charge in [-0.05, 0) is 59.1 Å². The molecule has 0 saturated carbocycles. The number of rotatable bonds is 7. The van der Waals surface area contributed by atoms with E-state index in [1.807, 2.05) is 6.07 Å². The van der Waals surface area contributed by atoms with Crippen molar-refractivity contribution in [3.8, 4) is 0 Å². The van der Waals surface area contributed by atoms with Gasteiger partial charge in [0.2, 0.25) is 10.0 Å². The second-order valence-corrected chi connectivity index (χ2v) is 7.46. The maximum atomic E-state index is 12.4. The quantitative estimate of drug-likeness (QED) is 0.706. The molecule has 2 rings (SSSR count). The molecule has 0 aliphatic rings. The first-order chi connectivity index (χ1) is 11.4. The predicted octanol–water partition coefficient (Wildman–Crippen LogP) is 2.54. The Balaban J connectivity index is 2.07. The molecule has 128 valence electrons. The summed E-state index contributed by atoms with van der Waals surface area (Å²) in [4.78, 5) is 15.7. The number of carbonyl (C=O) groups excluding carboxylic acids is 1. The Bertz CT molecular complexity index is 810. The smallest absolute Gasteiger partial charge is 0.338 e. The van der Waals surface area contributed by atoms with Crippen LogP contribution >= 0.6 is 15.9 Å². The van der Waals surface area contributed by atoms with Crippen molar-refractivity contribution in [1.29, 1.82) is 0 Å². The van der Waals surface area contributed by atoms with E-state index in [1.165, 1.54) is 18.2 Å². The van der Waals surface area contributed by atoms with Crippen molar-refractivity contribution < 1.29 is 17.9 Å². The van der Waals surface area contributed by atoms with E-state index in [0.717, 1.165) is 5.56 Å². The van der Waals surface area contributed by atoms with Gasteiger partial charge in [-0.2, -0.15) is 0 Å². The third-order valence-corrected chi connectivity index (χ3v) is 5.60. The fourth-order valence-corrected chi connectivity index (χ4v) is 4.12. The standard InChI is InChI=1S/C16H17BrN2O4S/c1-2-23-16(20)13-5-6-15(14(17)10-13)24(21,22)19-9-7-12-4-3-8-18-11-12/h3-6,8,10-11,19H,2,7,9H2,1H3. The van der Waals surface area contributed by atoms with Gasteiger partial charge in [0, 0.05) is 23.4 Å². The van der Waals surface area contributed by atoms with E-state index in [9.17, 15) is 13.2 Å². The van der Waals surface area contributed by atoms with E-state index in [1.54, 1.807) is 25.4 Å². The van der Waals surface area contributed by atoms with Crippen LogP contribution in [0.3, 0.4) is 0 Å². The molecule has 0 aliphatic carbocycles. The van der Waals surface area contributed by atoms with Crippen molar-refractivity contribution in [2.24, 2.45) is 0 Å². The van der Waals surface area contributed by atoms with Crippen LogP contribution in [0.15, 0.2) is 52.1 Å². The third kappa shape index (κ3) is 4.86. The van der Waals surface area contributed by atoms with Crippen LogP contribution in [0.5, 0.6) is 0 Å². The molecule has 1 aromatic carbocycles. The van der Waals surface area contributed by atoms with Crippen LogP contribution in [0.2, 0.25) is 0 Å². The van der Waals surface area contributed by atoms with Crippen molar-refractivity contribution in [2.45, 2.75) is 18.2 Å². The Kier molecular flexibility index (Phi) is 6.47. The number of sulfonamides is 1. The monoisotopic (exact) mass is 412 g/mol. The van der Waals surface area contributed by atoms with E-state index in [4.69, 9.17) is 4.74 Å². The highest BCUT2D eigenvalue weighted by Crippen LogP contribution is 2.23. The molecule has 0 radical (unpaired) electrons. The molecule has 0 saturated heterocycles. The molecule has 0 unspecified atom stereocenters. The van der Waals surface area contributed by atoms with E-state index in [2.05, 4.69) is 25.6 Å². The number of nitrogens with zero attached hydrogens (tertiary/aromatic N) is 1. The van der Waals surface area contributed by atoms with E-state index >= 15 is 0 Å². The van der Waals surface area contributed by atoms with E-state index in [-0.39, 0.29) is 23.6 Å². The Labute approximate surface area is 149 Å². The molecule has 6 nitrogen and oxygen atoms in total. The fraction of sp³-hybridized carbons (Fsp3) is 0.250. The number of ether oxygens (including phenoxy) is 1. The molecule has 0 amide bonds. The number of hydrogen-bond acceptors (Lipinski definition) is 5. The molecule has 2 aromatic rings. The van der Waals surface area contributed by atoms with Crippen LogP contribution in [-0.4, -0.2) is 32.5 Å². The van der Waals surface area contributed by atoms with Crippen molar-refractivity contribution >= 4 is 31.9 Å². The molecule has 1 aromatic heterocycles. The van der Waals surface area contributed by atoms with Crippen molar-refractivity contribution in [1.82, 2.24) is 9.71 Å². The van der Waals surface area contributed by atoms with Crippen molar-refractivity contribution in [3.05, 3.63) is 58.3 Å². The maximum absolute atomic E-state index is 12.4. The van der Waals surface area contributed by atoms with Gasteiger partial charge in [0.15, 0.2) is 0 Å². The van der Waals surface area contributed by atoms with E-state index < -0.39 is 16.0 Å². The number of nitrogens with one attached hydrogen (secondary N) is 1. The normalized spacial score (nSPS) is 11.2. The van der Waals surface area contributed by atoms with E-state index in [0.29, 0.717) is 10.9 Å². The highest BCUT2D eigenvalue weighted by molar-refractivity contribution is 9.10. The summed E-state index contributed by atoms with van der Waals surface area (Å²) in [5, 5.41) is 0. The molecular weight excluding hydrogens is 396 g/mol. The van der Waals surface area contributed by atoms with Gasteiger partial charge in [-0.25, -0.2) is 17.9 Å². The van der Waals surface area contributed by atoms with Crippen LogP contribution in [0.25, 0.3) is 0 Å². The zero-order valence-electron chi connectivity index (χ0n) is 13.0. The predicted molar refractivity (Wildman–Crippen MR) is 93.2 cm³/mol. The highest BCUT2D eigenvalue weighted by atomic mass is 79.9. The minimum atomic E-state index is -3.69. The lowest BCUT2D eigenvalue weighted by Gasteiger charge is -2.10. The average molecular weight is 413 g/mol. The second-order valence-electron chi connectivity index (χ2n) is 4.87. The first-order valence-corrected chi connectivity index (χ1v) is 9.57. The van der Waals surface area contributed by atoms with Gasteiger partial charge in [0.1, 0.15) is 0 Å². The van der Waals surface area contributed by atoms with Gasteiger partial charge < -0.3 is 4.74 Å². The van der Waals surface area contributed by atoms with Gasteiger partial charge in [-0.3, -0.25) is 4.98 Å². The van der Waals surface area contributed by atoms with Crippen LogP contribution < -0.4 is 4.72 Å². The minimum Gasteiger partial charge on any atom is -0.462 e. The Morgan fingerprint density at radius 1 is 1.33 bits per heavy atom. The lowest BCUT2D eigenvalue weighted by atomic mass is 10.2. The summed E-state index contributed by atoms with van der Waals surface area (Å²) < 4.78 is 32.5. The second kappa shape index (κ2) is 8.36.